The first-order valence-corrected chi connectivity index (χ1v) is 7.89. The molecule has 0 spiro atoms. The SMILES string of the molecule is CCCNc1ccc(C(=O)N2C3CCC2CC(O)C3)nc1. The third kappa shape index (κ3) is 2.88. The normalized spacial score (nSPS) is 27.7. The van der Waals surface area contributed by atoms with Gasteiger partial charge >= 0.3 is 0 Å². The minimum Gasteiger partial charge on any atom is -0.393 e. The van der Waals surface area contributed by atoms with Crippen molar-refractivity contribution in [2.24, 2.45) is 0 Å². The Balaban J connectivity index is 1.71. The van der Waals surface area contributed by atoms with Crippen LogP contribution in [0.3, 0.4) is 0 Å². The number of carbonyl (C=O) groups is 1. The second-order valence-corrected chi connectivity index (χ2v) is 6.08. The number of fused-ring (bicyclic) bond motifs is 2. The molecule has 5 nitrogen and oxygen atoms in total. The van der Waals surface area contributed by atoms with Gasteiger partial charge in [-0.2, -0.15) is 0 Å². The molecule has 0 aromatic carbocycles. The predicted molar refractivity (Wildman–Crippen MR) is 81.2 cm³/mol. The van der Waals surface area contributed by atoms with E-state index >= 15 is 0 Å². The number of nitrogens with zero attached hydrogens (tertiary/aromatic N) is 2. The maximum absolute atomic E-state index is 12.7. The second-order valence-electron chi connectivity index (χ2n) is 6.08. The molecular formula is C16H23N3O2. The van der Waals surface area contributed by atoms with Gasteiger partial charge in [-0.3, -0.25) is 4.79 Å². The summed E-state index contributed by atoms with van der Waals surface area (Å²) in [5.74, 6) is 0.0106. The van der Waals surface area contributed by atoms with E-state index in [4.69, 9.17) is 0 Å². The highest BCUT2D eigenvalue weighted by molar-refractivity contribution is 5.93. The Morgan fingerprint density at radius 2 is 2.10 bits per heavy atom. The molecule has 2 unspecified atom stereocenters. The van der Waals surface area contributed by atoms with Crippen molar-refractivity contribution in [2.75, 3.05) is 11.9 Å². The number of piperidine rings is 1. The lowest BCUT2D eigenvalue weighted by Gasteiger charge is -2.37. The molecule has 0 saturated carbocycles. The Hall–Kier alpha value is -1.62. The van der Waals surface area contributed by atoms with Crippen LogP contribution in [0.5, 0.6) is 0 Å². The van der Waals surface area contributed by atoms with E-state index in [1.807, 2.05) is 11.0 Å². The van der Waals surface area contributed by atoms with Crippen molar-refractivity contribution in [3.8, 4) is 0 Å². The lowest BCUT2D eigenvalue weighted by Crippen LogP contribution is -2.48. The summed E-state index contributed by atoms with van der Waals surface area (Å²) < 4.78 is 0. The maximum Gasteiger partial charge on any atom is 0.272 e. The van der Waals surface area contributed by atoms with Gasteiger partial charge in [0.25, 0.3) is 5.91 Å². The maximum atomic E-state index is 12.7. The van der Waals surface area contributed by atoms with Gasteiger partial charge in [-0.05, 0) is 44.2 Å². The van der Waals surface area contributed by atoms with E-state index in [0.717, 1.165) is 31.5 Å². The fourth-order valence-electron chi connectivity index (χ4n) is 3.51. The van der Waals surface area contributed by atoms with E-state index in [1.165, 1.54) is 0 Å². The van der Waals surface area contributed by atoms with Crippen LogP contribution in [0.25, 0.3) is 0 Å². The number of pyridine rings is 1. The molecule has 3 heterocycles. The quantitative estimate of drug-likeness (QED) is 0.890. The minimum atomic E-state index is -0.250. The third-order valence-corrected chi connectivity index (χ3v) is 4.50. The van der Waals surface area contributed by atoms with E-state index in [9.17, 15) is 9.90 Å². The largest absolute Gasteiger partial charge is 0.393 e. The Morgan fingerprint density at radius 1 is 1.38 bits per heavy atom. The molecule has 1 amide bonds. The molecule has 2 N–H and O–H groups in total. The summed E-state index contributed by atoms with van der Waals surface area (Å²) in [5, 5.41) is 13.1. The summed E-state index contributed by atoms with van der Waals surface area (Å²) in [4.78, 5) is 18.9. The minimum absolute atomic E-state index is 0.0106. The van der Waals surface area contributed by atoms with Crippen molar-refractivity contribution in [1.82, 2.24) is 9.88 Å². The Kier molecular flexibility index (Phi) is 4.10. The van der Waals surface area contributed by atoms with Crippen LogP contribution in [-0.4, -0.2) is 45.6 Å². The molecule has 1 aromatic rings. The fraction of sp³-hybridized carbons (Fsp3) is 0.625. The molecule has 21 heavy (non-hydrogen) atoms. The number of amides is 1. The average Bonchev–Trinajstić information content (AvgIpc) is 2.77. The molecule has 0 aliphatic carbocycles. The van der Waals surface area contributed by atoms with Gasteiger partial charge in [0.1, 0.15) is 5.69 Å². The van der Waals surface area contributed by atoms with Crippen molar-refractivity contribution >= 4 is 11.6 Å². The summed E-state index contributed by atoms with van der Waals surface area (Å²) in [6.45, 7) is 3.02. The van der Waals surface area contributed by atoms with Gasteiger partial charge in [0.05, 0.1) is 18.0 Å². The van der Waals surface area contributed by atoms with Crippen LogP contribution >= 0.6 is 0 Å². The van der Waals surface area contributed by atoms with Crippen LogP contribution in [0.15, 0.2) is 18.3 Å². The van der Waals surface area contributed by atoms with Gasteiger partial charge in [0.2, 0.25) is 0 Å². The fourth-order valence-corrected chi connectivity index (χ4v) is 3.51. The van der Waals surface area contributed by atoms with E-state index in [-0.39, 0.29) is 24.1 Å². The summed E-state index contributed by atoms with van der Waals surface area (Å²) in [6.07, 6.45) is 5.95. The van der Waals surface area contributed by atoms with E-state index in [2.05, 4.69) is 17.2 Å². The van der Waals surface area contributed by atoms with Crippen LogP contribution in [0.2, 0.25) is 0 Å². The molecule has 3 rings (SSSR count). The molecule has 114 valence electrons. The number of anilines is 1. The predicted octanol–water partition coefficient (Wildman–Crippen LogP) is 2.03. The number of aromatic nitrogens is 1. The van der Waals surface area contributed by atoms with E-state index in [0.29, 0.717) is 18.5 Å². The molecule has 2 bridgehead atoms. The lowest BCUT2D eigenvalue weighted by molar-refractivity contribution is 0.0282. The first-order chi connectivity index (χ1) is 10.2. The monoisotopic (exact) mass is 289 g/mol. The van der Waals surface area contributed by atoms with Gasteiger partial charge in [-0.25, -0.2) is 4.98 Å². The first kappa shape index (κ1) is 14.3. The average molecular weight is 289 g/mol. The summed E-state index contributed by atoms with van der Waals surface area (Å²) >= 11 is 0. The molecule has 2 aliphatic rings. The highest BCUT2D eigenvalue weighted by atomic mass is 16.3. The summed E-state index contributed by atoms with van der Waals surface area (Å²) in [6, 6.07) is 4.08. The number of aliphatic hydroxyl groups is 1. The summed E-state index contributed by atoms with van der Waals surface area (Å²) in [5.41, 5.74) is 1.45. The van der Waals surface area contributed by atoms with Crippen LogP contribution in [0.1, 0.15) is 49.5 Å². The molecule has 2 atom stereocenters. The van der Waals surface area contributed by atoms with E-state index in [1.54, 1.807) is 12.3 Å². The van der Waals surface area contributed by atoms with Gasteiger partial charge < -0.3 is 15.3 Å². The van der Waals surface area contributed by atoms with E-state index < -0.39 is 0 Å². The molecule has 1 aromatic heterocycles. The van der Waals surface area contributed by atoms with Crippen molar-refractivity contribution in [3.05, 3.63) is 24.0 Å². The number of carbonyl (C=O) groups excluding carboxylic acids is 1. The molecule has 5 heteroatoms. The number of nitrogens with one attached hydrogen (secondary N) is 1. The first-order valence-electron chi connectivity index (χ1n) is 7.89. The number of aliphatic hydroxyl groups excluding tert-OH is 1. The van der Waals surface area contributed by atoms with Crippen molar-refractivity contribution in [2.45, 2.75) is 57.2 Å². The Morgan fingerprint density at radius 3 is 2.67 bits per heavy atom. The highest BCUT2D eigenvalue weighted by Gasteiger charge is 2.43. The van der Waals surface area contributed by atoms with Crippen LogP contribution in [0.4, 0.5) is 5.69 Å². The second kappa shape index (κ2) is 6.02. The lowest BCUT2D eigenvalue weighted by atomic mass is 9.99. The smallest absolute Gasteiger partial charge is 0.272 e. The molecular weight excluding hydrogens is 266 g/mol. The van der Waals surface area contributed by atoms with Crippen LogP contribution in [0, 0.1) is 0 Å². The van der Waals surface area contributed by atoms with Crippen molar-refractivity contribution < 1.29 is 9.90 Å². The molecule has 0 radical (unpaired) electrons. The zero-order chi connectivity index (χ0) is 14.8. The number of hydrogen-bond acceptors (Lipinski definition) is 4. The van der Waals surface area contributed by atoms with Gasteiger partial charge in [0, 0.05) is 18.6 Å². The Labute approximate surface area is 125 Å². The summed E-state index contributed by atoms with van der Waals surface area (Å²) in [7, 11) is 0. The molecule has 2 fully saturated rings. The van der Waals surface area contributed by atoms with Crippen LogP contribution < -0.4 is 5.32 Å². The topological polar surface area (TPSA) is 65.5 Å². The zero-order valence-corrected chi connectivity index (χ0v) is 12.5. The molecule has 2 aliphatic heterocycles. The zero-order valence-electron chi connectivity index (χ0n) is 12.5. The third-order valence-electron chi connectivity index (χ3n) is 4.50. The van der Waals surface area contributed by atoms with Gasteiger partial charge in [0.15, 0.2) is 0 Å². The van der Waals surface area contributed by atoms with Crippen molar-refractivity contribution in [3.63, 3.8) is 0 Å². The standard InChI is InChI=1S/C16H23N3O2/c1-2-7-17-11-3-6-15(18-10-11)16(21)19-12-4-5-13(19)9-14(20)8-12/h3,6,10,12-14,17,20H,2,4-5,7-9H2,1H3. The molecule has 2 saturated heterocycles. The van der Waals surface area contributed by atoms with Gasteiger partial charge in [-0.15, -0.1) is 0 Å². The Bertz CT molecular complexity index is 489. The number of hydrogen-bond donors (Lipinski definition) is 2. The highest BCUT2D eigenvalue weighted by Crippen LogP contribution is 2.36. The number of rotatable bonds is 4. The van der Waals surface area contributed by atoms with Crippen LogP contribution in [-0.2, 0) is 0 Å². The van der Waals surface area contributed by atoms with Crippen molar-refractivity contribution in [1.29, 1.82) is 0 Å². The van der Waals surface area contributed by atoms with Gasteiger partial charge in [-0.1, -0.05) is 6.92 Å².